The first-order valence-electron chi connectivity index (χ1n) is 9.63. The second-order valence-corrected chi connectivity index (χ2v) is 6.79. The Kier molecular flexibility index (Phi) is 6.63. The summed E-state index contributed by atoms with van der Waals surface area (Å²) in [6.07, 6.45) is 4.87. The van der Waals surface area contributed by atoms with Crippen LogP contribution in [0.4, 0.5) is 11.4 Å². The topological polar surface area (TPSA) is 60.0 Å². The van der Waals surface area contributed by atoms with Crippen molar-refractivity contribution in [2.24, 2.45) is 0 Å². The lowest BCUT2D eigenvalue weighted by Gasteiger charge is -2.25. The molecule has 0 radical (unpaired) electrons. The molecule has 3 rings (SSSR count). The van der Waals surface area contributed by atoms with Crippen LogP contribution in [-0.2, 0) is 0 Å². The standard InChI is InChI=1S/C22H28N2O4/c1-26-19-14-16(15-20(27-2)21(19)28-3)22(25)23-17-10-6-7-11-18(17)24-12-8-4-5-9-13-24/h6-7,10-11,14-15H,4-5,8-9,12-13H2,1-3H3,(H,23,25). The van der Waals surface area contributed by atoms with Gasteiger partial charge >= 0.3 is 0 Å². The lowest BCUT2D eigenvalue weighted by Crippen LogP contribution is -2.25. The van der Waals surface area contributed by atoms with Crippen molar-refractivity contribution in [3.8, 4) is 17.2 Å². The van der Waals surface area contributed by atoms with Crippen LogP contribution in [0.1, 0.15) is 36.0 Å². The molecule has 0 spiro atoms. The van der Waals surface area contributed by atoms with Gasteiger partial charge in [0.1, 0.15) is 0 Å². The SMILES string of the molecule is COc1cc(C(=O)Nc2ccccc2N2CCCCCC2)cc(OC)c1OC. The fourth-order valence-electron chi connectivity index (χ4n) is 3.57. The summed E-state index contributed by atoms with van der Waals surface area (Å²) >= 11 is 0. The Bertz CT molecular complexity index is 789. The van der Waals surface area contributed by atoms with Crippen LogP contribution in [0.15, 0.2) is 36.4 Å². The van der Waals surface area contributed by atoms with Gasteiger partial charge in [0.15, 0.2) is 11.5 Å². The maximum Gasteiger partial charge on any atom is 0.255 e. The average Bonchev–Trinajstić information content (AvgIpc) is 3.02. The van der Waals surface area contributed by atoms with Gasteiger partial charge in [-0.3, -0.25) is 4.79 Å². The van der Waals surface area contributed by atoms with Gasteiger partial charge in [0.2, 0.25) is 5.75 Å². The van der Waals surface area contributed by atoms with Crippen molar-refractivity contribution in [3.63, 3.8) is 0 Å². The Hall–Kier alpha value is -2.89. The summed E-state index contributed by atoms with van der Waals surface area (Å²) in [6.45, 7) is 2.02. The van der Waals surface area contributed by atoms with E-state index < -0.39 is 0 Å². The molecular formula is C22H28N2O4. The zero-order valence-electron chi connectivity index (χ0n) is 16.8. The third-order valence-corrected chi connectivity index (χ3v) is 5.03. The minimum atomic E-state index is -0.221. The first kappa shape index (κ1) is 19.9. The maximum atomic E-state index is 13.0. The number of carbonyl (C=O) groups excluding carboxylic acids is 1. The van der Waals surface area contributed by atoms with Gasteiger partial charge < -0.3 is 24.4 Å². The van der Waals surface area contributed by atoms with Crippen LogP contribution in [0.2, 0.25) is 0 Å². The summed E-state index contributed by atoms with van der Waals surface area (Å²) in [5.41, 5.74) is 2.31. The highest BCUT2D eigenvalue weighted by Crippen LogP contribution is 2.38. The van der Waals surface area contributed by atoms with E-state index in [2.05, 4.69) is 16.3 Å². The number of anilines is 2. The molecule has 1 saturated heterocycles. The molecule has 2 aromatic carbocycles. The van der Waals surface area contributed by atoms with E-state index in [0.29, 0.717) is 22.8 Å². The zero-order valence-corrected chi connectivity index (χ0v) is 16.8. The molecule has 0 aromatic heterocycles. The number of benzene rings is 2. The number of hydrogen-bond donors (Lipinski definition) is 1. The first-order valence-corrected chi connectivity index (χ1v) is 9.63. The highest BCUT2D eigenvalue weighted by atomic mass is 16.5. The quantitative estimate of drug-likeness (QED) is 0.803. The predicted molar refractivity (Wildman–Crippen MR) is 111 cm³/mol. The summed E-state index contributed by atoms with van der Waals surface area (Å²) in [6, 6.07) is 11.3. The van der Waals surface area contributed by atoms with Gasteiger partial charge in [0, 0.05) is 18.7 Å². The monoisotopic (exact) mass is 384 g/mol. The molecule has 1 aliphatic rings. The number of nitrogens with one attached hydrogen (secondary N) is 1. The maximum absolute atomic E-state index is 13.0. The summed E-state index contributed by atoms with van der Waals surface area (Å²) in [5, 5.41) is 3.05. The number of ether oxygens (including phenoxy) is 3. The van der Waals surface area contributed by atoms with Crippen molar-refractivity contribution < 1.29 is 19.0 Å². The van der Waals surface area contributed by atoms with Crippen molar-refractivity contribution in [2.45, 2.75) is 25.7 Å². The van der Waals surface area contributed by atoms with E-state index in [1.807, 2.05) is 18.2 Å². The molecule has 0 atom stereocenters. The minimum Gasteiger partial charge on any atom is -0.493 e. The van der Waals surface area contributed by atoms with Gasteiger partial charge in [-0.05, 0) is 37.1 Å². The Balaban J connectivity index is 1.87. The molecule has 6 nitrogen and oxygen atoms in total. The third kappa shape index (κ3) is 4.32. The van der Waals surface area contributed by atoms with E-state index in [9.17, 15) is 4.79 Å². The number of para-hydroxylation sites is 2. The molecule has 2 aromatic rings. The van der Waals surface area contributed by atoms with Crippen LogP contribution in [-0.4, -0.2) is 40.3 Å². The number of methoxy groups -OCH3 is 3. The zero-order chi connectivity index (χ0) is 19.9. The van der Waals surface area contributed by atoms with Crippen LogP contribution in [0.5, 0.6) is 17.2 Å². The van der Waals surface area contributed by atoms with Crippen LogP contribution >= 0.6 is 0 Å². The summed E-state index contributed by atoms with van der Waals surface area (Å²) in [7, 11) is 4.61. The van der Waals surface area contributed by atoms with Gasteiger partial charge in [-0.15, -0.1) is 0 Å². The van der Waals surface area contributed by atoms with Crippen LogP contribution in [0.25, 0.3) is 0 Å². The van der Waals surface area contributed by atoms with Crippen LogP contribution in [0.3, 0.4) is 0 Å². The van der Waals surface area contributed by atoms with Crippen LogP contribution < -0.4 is 24.4 Å². The van der Waals surface area contributed by atoms with Gasteiger partial charge in [-0.25, -0.2) is 0 Å². The van der Waals surface area contributed by atoms with Crippen molar-refractivity contribution in [1.82, 2.24) is 0 Å². The minimum absolute atomic E-state index is 0.221. The molecular weight excluding hydrogens is 356 g/mol. The smallest absolute Gasteiger partial charge is 0.255 e. The molecule has 1 N–H and O–H groups in total. The normalized spacial score (nSPS) is 14.2. The predicted octanol–water partition coefficient (Wildman–Crippen LogP) is 4.35. The fourth-order valence-corrected chi connectivity index (χ4v) is 3.57. The molecule has 0 bridgehead atoms. The average molecular weight is 384 g/mol. The van der Waals surface area contributed by atoms with Crippen molar-refractivity contribution in [1.29, 1.82) is 0 Å². The molecule has 1 aliphatic heterocycles. The molecule has 150 valence electrons. The van der Waals surface area contributed by atoms with Crippen molar-refractivity contribution in [3.05, 3.63) is 42.0 Å². The summed E-state index contributed by atoms with van der Waals surface area (Å²) < 4.78 is 16.1. The van der Waals surface area contributed by atoms with Gasteiger partial charge in [0.25, 0.3) is 5.91 Å². The number of amides is 1. The largest absolute Gasteiger partial charge is 0.493 e. The number of rotatable bonds is 6. The Morgan fingerprint density at radius 3 is 2.07 bits per heavy atom. The molecule has 1 amide bonds. The molecule has 0 aliphatic carbocycles. The van der Waals surface area contributed by atoms with Crippen molar-refractivity contribution in [2.75, 3.05) is 44.6 Å². The van der Waals surface area contributed by atoms with Gasteiger partial charge in [-0.2, -0.15) is 0 Å². The summed E-state index contributed by atoms with van der Waals surface area (Å²) in [5.74, 6) is 1.15. The van der Waals surface area contributed by atoms with Crippen LogP contribution in [0, 0.1) is 0 Å². The Morgan fingerprint density at radius 1 is 0.893 bits per heavy atom. The Morgan fingerprint density at radius 2 is 1.50 bits per heavy atom. The molecule has 6 heteroatoms. The number of carbonyl (C=O) groups is 1. The highest BCUT2D eigenvalue weighted by Gasteiger charge is 2.19. The third-order valence-electron chi connectivity index (χ3n) is 5.03. The molecule has 28 heavy (non-hydrogen) atoms. The Labute approximate surface area is 166 Å². The van der Waals surface area contributed by atoms with Gasteiger partial charge in [0.05, 0.1) is 32.7 Å². The number of hydrogen-bond acceptors (Lipinski definition) is 5. The summed E-state index contributed by atoms with van der Waals surface area (Å²) in [4.78, 5) is 15.3. The van der Waals surface area contributed by atoms with Crippen molar-refractivity contribution >= 4 is 17.3 Å². The molecule has 0 saturated carbocycles. The highest BCUT2D eigenvalue weighted by molar-refractivity contribution is 6.06. The van der Waals surface area contributed by atoms with E-state index in [0.717, 1.165) is 24.5 Å². The van der Waals surface area contributed by atoms with E-state index in [4.69, 9.17) is 14.2 Å². The van der Waals surface area contributed by atoms with E-state index in [-0.39, 0.29) is 5.91 Å². The van der Waals surface area contributed by atoms with E-state index >= 15 is 0 Å². The van der Waals surface area contributed by atoms with E-state index in [1.165, 1.54) is 47.0 Å². The molecule has 0 unspecified atom stereocenters. The number of nitrogens with zero attached hydrogens (tertiary/aromatic N) is 1. The second-order valence-electron chi connectivity index (χ2n) is 6.79. The second kappa shape index (κ2) is 9.35. The first-order chi connectivity index (χ1) is 13.7. The van der Waals surface area contributed by atoms with E-state index in [1.54, 1.807) is 12.1 Å². The molecule has 1 fully saturated rings. The lowest BCUT2D eigenvalue weighted by molar-refractivity contribution is 0.102. The molecule has 1 heterocycles. The lowest BCUT2D eigenvalue weighted by atomic mass is 10.1. The van der Waals surface area contributed by atoms with Gasteiger partial charge in [-0.1, -0.05) is 25.0 Å². The fraction of sp³-hybridized carbons (Fsp3) is 0.409.